The van der Waals surface area contributed by atoms with Gasteiger partial charge in [0, 0.05) is 11.5 Å². The summed E-state index contributed by atoms with van der Waals surface area (Å²) in [5.74, 6) is 2.25. The molecule has 4 aliphatic rings. The molecule has 5 rings (SSSR count). The number of methoxy groups -OCH3 is 1. The number of hydrogen-bond donors (Lipinski definition) is 0. The van der Waals surface area contributed by atoms with Gasteiger partial charge >= 0.3 is 0 Å². The Bertz CT molecular complexity index is 1300. The van der Waals surface area contributed by atoms with Crippen LogP contribution in [0.5, 0.6) is 0 Å². The number of ether oxygens (including phenoxy) is 1. The number of aryl methyl sites for hydroxylation is 1. The molecule has 0 N–H and O–H groups in total. The van der Waals surface area contributed by atoms with Gasteiger partial charge in [-0.05, 0) is 103 Å². The Labute approximate surface area is 214 Å². The summed E-state index contributed by atoms with van der Waals surface area (Å²) >= 11 is 6.97. The van der Waals surface area contributed by atoms with Crippen LogP contribution in [-0.4, -0.2) is 15.5 Å². The first-order valence-electron chi connectivity index (χ1n) is 12.6. The van der Waals surface area contributed by atoms with Crippen molar-refractivity contribution in [3.8, 4) is 0 Å². The van der Waals surface area contributed by atoms with E-state index in [2.05, 4.69) is 24.8 Å². The minimum absolute atomic E-state index is 0.0203. The van der Waals surface area contributed by atoms with Crippen molar-refractivity contribution >= 4 is 21.4 Å². The monoisotopic (exact) mass is 511 g/mol. The molecule has 1 aromatic carbocycles. The van der Waals surface area contributed by atoms with E-state index in [-0.39, 0.29) is 20.8 Å². The van der Waals surface area contributed by atoms with Crippen molar-refractivity contribution in [3.63, 3.8) is 0 Å². The summed E-state index contributed by atoms with van der Waals surface area (Å²) in [7, 11) is -2.12. The maximum absolute atomic E-state index is 13.6. The van der Waals surface area contributed by atoms with E-state index in [9.17, 15) is 8.42 Å². The number of nitrogens with zero attached hydrogens (tertiary/aromatic N) is 1. The fourth-order valence-electron chi connectivity index (χ4n) is 7.81. The molecule has 0 amide bonds. The Balaban J connectivity index is 1.55. The van der Waals surface area contributed by atoms with Gasteiger partial charge in [-0.3, -0.25) is 0 Å². The van der Waals surface area contributed by atoms with Gasteiger partial charge in [-0.1, -0.05) is 43.1 Å². The van der Waals surface area contributed by atoms with Crippen molar-refractivity contribution in [2.45, 2.75) is 70.6 Å². The van der Waals surface area contributed by atoms with Gasteiger partial charge in [0.2, 0.25) is 9.84 Å². The Morgan fingerprint density at radius 1 is 1.09 bits per heavy atom. The molecule has 0 aliphatic heterocycles. The smallest absolute Gasteiger partial charge is 0.282 e. The molecule has 0 heterocycles. The number of halogens is 1. The molecule has 0 radical (unpaired) electrons. The fraction of sp³-hybridized carbons (Fsp3) is 0.552. The number of fused-ring (bicyclic) bond motifs is 5. The van der Waals surface area contributed by atoms with Crippen LogP contribution in [0.25, 0.3) is 4.85 Å². The first-order chi connectivity index (χ1) is 16.6. The van der Waals surface area contributed by atoms with Crippen molar-refractivity contribution in [1.29, 1.82) is 0 Å². The molecule has 186 valence electrons. The third-order valence-electron chi connectivity index (χ3n) is 9.77. The quantitative estimate of drug-likeness (QED) is 0.393. The lowest BCUT2D eigenvalue weighted by molar-refractivity contribution is -0.00950. The predicted octanol–water partition coefficient (Wildman–Crippen LogP) is 7.57. The highest BCUT2D eigenvalue weighted by molar-refractivity contribution is 7.95. The number of rotatable bonds is 3. The molecule has 5 atom stereocenters. The van der Waals surface area contributed by atoms with E-state index < -0.39 is 9.84 Å². The zero-order valence-electron chi connectivity index (χ0n) is 21.0. The number of hydrogen-bond acceptors (Lipinski definition) is 3. The van der Waals surface area contributed by atoms with Crippen LogP contribution in [0.15, 0.2) is 62.2 Å². The summed E-state index contributed by atoms with van der Waals surface area (Å²) in [6.45, 7) is 14.4. The first kappa shape index (κ1) is 24.7. The van der Waals surface area contributed by atoms with Crippen molar-refractivity contribution in [3.05, 3.63) is 74.3 Å². The van der Waals surface area contributed by atoms with Crippen LogP contribution in [-0.2, 0) is 14.6 Å². The van der Waals surface area contributed by atoms with E-state index in [0.717, 1.165) is 60.5 Å². The predicted molar refractivity (Wildman–Crippen MR) is 139 cm³/mol. The third kappa shape index (κ3) is 3.63. The summed E-state index contributed by atoms with van der Waals surface area (Å²) in [6, 6.07) is 6.85. The number of sulfone groups is 1. The van der Waals surface area contributed by atoms with Crippen LogP contribution in [0.2, 0.25) is 0 Å². The zero-order valence-corrected chi connectivity index (χ0v) is 22.6. The van der Waals surface area contributed by atoms with Crippen molar-refractivity contribution in [2.24, 2.45) is 28.6 Å². The molecule has 0 aromatic heterocycles. The Morgan fingerprint density at radius 2 is 1.77 bits per heavy atom. The molecule has 0 unspecified atom stereocenters. The summed E-state index contributed by atoms with van der Waals surface area (Å²) in [5.41, 5.74) is 2.82. The van der Waals surface area contributed by atoms with Crippen molar-refractivity contribution in [1.82, 2.24) is 0 Å². The van der Waals surface area contributed by atoms with Gasteiger partial charge in [-0.2, -0.15) is 0 Å². The van der Waals surface area contributed by atoms with Gasteiger partial charge in [-0.25, -0.2) is 13.3 Å². The third-order valence-corrected chi connectivity index (χ3v) is 11.9. The molecule has 1 aromatic rings. The highest BCUT2D eigenvalue weighted by Gasteiger charge is 2.58. The van der Waals surface area contributed by atoms with E-state index in [1.165, 1.54) is 5.57 Å². The number of allylic oxidation sites excluding steroid dienone is 5. The fourth-order valence-corrected chi connectivity index (χ4v) is 9.76. The van der Waals surface area contributed by atoms with Gasteiger partial charge in [0.15, 0.2) is 0 Å². The second-order valence-electron chi connectivity index (χ2n) is 11.3. The molecule has 2 fully saturated rings. The highest BCUT2D eigenvalue weighted by atomic mass is 35.5. The lowest BCUT2D eigenvalue weighted by Gasteiger charge is -2.57. The van der Waals surface area contributed by atoms with Gasteiger partial charge < -0.3 is 4.74 Å². The van der Waals surface area contributed by atoms with Crippen LogP contribution in [0, 0.1) is 42.1 Å². The lowest BCUT2D eigenvalue weighted by atomic mass is 9.48. The standard InChI is InChI=1S/C29H34ClNO3S/c1-18-6-8-20(9-7-18)35(32,33)27(31-4)24-11-10-22-21-17-26(30)25-16-19(34-5)12-14-29(25,3)23(21)13-15-28(22,24)2/h6-9,16,21-23H,10-15,17H2,1-3,5H3/b27-24-/t21-,22-,23-,28-,29+/m0/s1. The Morgan fingerprint density at radius 3 is 2.43 bits per heavy atom. The highest BCUT2D eigenvalue weighted by Crippen LogP contribution is 2.67. The van der Waals surface area contributed by atoms with Crippen molar-refractivity contribution < 1.29 is 13.2 Å². The average Bonchev–Trinajstić information content (AvgIpc) is 3.17. The Kier molecular flexibility index (Phi) is 6.01. The maximum atomic E-state index is 13.6. The molecule has 4 nitrogen and oxygen atoms in total. The minimum Gasteiger partial charge on any atom is -0.501 e. The summed E-state index contributed by atoms with van der Waals surface area (Å²) in [5, 5.41) is 0.891. The second-order valence-corrected chi connectivity index (χ2v) is 13.7. The van der Waals surface area contributed by atoms with E-state index in [0.29, 0.717) is 24.2 Å². The SMILES string of the molecule is [C-]#[N+]/C(=C1\CC[C@H]2[C@@H]3CC(Cl)=C4C=C(OC)CC[C@]4(C)[C@H]3CC[C@]12C)S(=O)(=O)c1ccc(C)cc1. The average molecular weight is 512 g/mol. The molecule has 4 aliphatic carbocycles. The van der Waals surface area contributed by atoms with Crippen LogP contribution in [0.1, 0.15) is 64.4 Å². The summed E-state index contributed by atoms with van der Waals surface area (Å²) in [6.07, 6.45) is 8.48. The van der Waals surface area contributed by atoms with E-state index in [4.69, 9.17) is 22.9 Å². The molecule has 0 bridgehead atoms. The van der Waals surface area contributed by atoms with Gasteiger partial charge in [-0.15, -0.1) is 0 Å². The molecule has 6 heteroatoms. The first-order valence-corrected chi connectivity index (χ1v) is 14.5. The van der Waals surface area contributed by atoms with Crippen molar-refractivity contribution in [2.75, 3.05) is 7.11 Å². The Hall–Kier alpha value is -2.03. The second kappa shape index (κ2) is 8.53. The normalized spacial score (nSPS) is 35.9. The van der Waals surface area contributed by atoms with Gasteiger partial charge in [0.05, 0.1) is 24.3 Å². The molecule has 35 heavy (non-hydrogen) atoms. The van der Waals surface area contributed by atoms with E-state index >= 15 is 0 Å². The largest absolute Gasteiger partial charge is 0.501 e. The zero-order chi connectivity index (χ0) is 25.2. The summed E-state index contributed by atoms with van der Waals surface area (Å²) in [4.78, 5) is 3.89. The van der Waals surface area contributed by atoms with Gasteiger partial charge in [0.25, 0.3) is 5.03 Å². The summed E-state index contributed by atoms with van der Waals surface area (Å²) < 4.78 is 32.7. The van der Waals surface area contributed by atoms with Crippen LogP contribution in [0.4, 0.5) is 0 Å². The number of benzene rings is 1. The lowest BCUT2D eigenvalue weighted by Crippen LogP contribution is -2.49. The molecule has 2 saturated carbocycles. The molecule has 0 spiro atoms. The van der Waals surface area contributed by atoms with Crippen LogP contribution in [0.3, 0.4) is 0 Å². The van der Waals surface area contributed by atoms with E-state index in [1.807, 2.05) is 6.92 Å². The minimum atomic E-state index is -3.85. The van der Waals surface area contributed by atoms with Crippen LogP contribution >= 0.6 is 11.6 Å². The van der Waals surface area contributed by atoms with E-state index in [1.54, 1.807) is 31.4 Å². The molecular formula is C29H34ClNO3S. The van der Waals surface area contributed by atoms with Crippen LogP contribution < -0.4 is 0 Å². The maximum Gasteiger partial charge on any atom is 0.282 e. The van der Waals surface area contributed by atoms with Gasteiger partial charge in [0.1, 0.15) is 0 Å². The molecular weight excluding hydrogens is 478 g/mol. The topological polar surface area (TPSA) is 47.7 Å². The molecule has 0 saturated heterocycles.